The zero-order valence-corrected chi connectivity index (χ0v) is 13.3. The summed E-state index contributed by atoms with van der Waals surface area (Å²) in [6, 6.07) is 4.00. The van der Waals surface area contributed by atoms with Gasteiger partial charge in [-0.1, -0.05) is 19.8 Å². The lowest BCUT2D eigenvalue weighted by Crippen LogP contribution is -2.35. The van der Waals surface area contributed by atoms with Gasteiger partial charge >= 0.3 is 12.0 Å². The summed E-state index contributed by atoms with van der Waals surface area (Å²) in [7, 11) is 0. The van der Waals surface area contributed by atoms with Gasteiger partial charge in [-0.05, 0) is 31.4 Å². The number of carboxylic acids is 1. The number of nitrogens with one attached hydrogen (secondary N) is 2. The van der Waals surface area contributed by atoms with Gasteiger partial charge in [-0.25, -0.2) is 4.79 Å². The summed E-state index contributed by atoms with van der Waals surface area (Å²) >= 11 is 1.72. The number of rotatable bonds is 10. The molecule has 0 aromatic carbocycles. The molecule has 2 amide bonds. The van der Waals surface area contributed by atoms with Gasteiger partial charge in [0.05, 0.1) is 6.54 Å². The highest BCUT2D eigenvalue weighted by molar-refractivity contribution is 7.11. The first kappa shape index (κ1) is 17.5. The lowest BCUT2D eigenvalue weighted by Gasteiger charge is -2.06. The van der Waals surface area contributed by atoms with Crippen LogP contribution in [-0.4, -0.2) is 23.7 Å². The molecule has 118 valence electrons. The van der Waals surface area contributed by atoms with Crippen molar-refractivity contribution < 1.29 is 14.7 Å². The maximum Gasteiger partial charge on any atom is 0.315 e. The number of amides is 2. The summed E-state index contributed by atoms with van der Waals surface area (Å²) < 4.78 is 0. The van der Waals surface area contributed by atoms with Crippen LogP contribution in [0.4, 0.5) is 4.79 Å². The van der Waals surface area contributed by atoms with Gasteiger partial charge in [-0.15, -0.1) is 11.3 Å². The molecule has 0 unspecified atom stereocenters. The van der Waals surface area contributed by atoms with E-state index in [-0.39, 0.29) is 12.5 Å². The average molecular weight is 312 g/mol. The monoisotopic (exact) mass is 312 g/mol. The van der Waals surface area contributed by atoms with Crippen molar-refractivity contribution in [2.45, 2.75) is 52.0 Å². The molecule has 0 radical (unpaired) electrons. The minimum Gasteiger partial charge on any atom is -0.481 e. The normalized spacial score (nSPS) is 10.3. The summed E-state index contributed by atoms with van der Waals surface area (Å²) in [6.07, 6.45) is 4.68. The second kappa shape index (κ2) is 10.2. The molecule has 0 atom stereocenters. The van der Waals surface area contributed by atoms with Gasteiger partial charge in [0.25, 0.3) is 0 Å². The summed E-state index contributed by atoms with van der Waals surface area (Å²) in [5.41, 5.74) is 0. The van der Waals surface area contributed by atoms with E-state index in [0.29, 0.717) is 19.5 Å². The maximum atomic E-state index is 11.6. The van der Waals surface area contributed by atoms with Crippen LogP contribution < -0.4 is 10.6 Å². The van der Waals surface area contributed by atoms with Gasteiger partial charge < -0.3 is 15.7 Å². The topological polar surface area (TPSA) is 78.4 Å². The van der Waals surface area contributed by atoms with E-state index in [9.17, 15) is 9.59 Å². The highest BCUT2D eigenvalue weighted by atomic mass is 32.1. The van der Waals surface area contributed by atoms with Crippen LogP contribution in [0.5, 0.6) is 0 Å². The Hall–Kier alpha value is -1.56. The number of hydrogen-bond acceptors (Lipinski definition) is 3. The van der Waals surface area contributed by atoms with Gasteiger partial charge in [0.1, 0.15) is 0 Å². The molecule has 1 aromatic heterocycles. The van der Waals surface area contributed by atoms with E-state index < -0.39 is 5.97 Å². The minimum atomic E-state index is -0.743. The van der Waals surface area contributed by atoms with Crippen LogP contribution in [0, 0.1) is 0 Å². The number of hydrogen-bond donors (Lipinski definition) is 3. The summed E-state index contributed by atoms with van der Waals surface area (Å²) in [4.78, 5) is 24.4. The fourth-order valence-corrected chi connectivity index (χ4v) is 2.79. The van der Waals surface area contributed by atoms with E-state index in [4.69, 9.17) is 5.11 Å². The lowest BCUT2D eigenvalue weighted by atomic mass is 10.1. The Bertz CT molecular complexity index is 446. The highest BCUT2D eigenvalue weighted by Crippen LogP contribution is 2.16. The molecular weight excluding hydrogens is 288 g/mol. The van der Waals surface area contributed by atoms with Crippen molar-refractivity contribution in [3.05, 3.63) is 21.9 Å². The molecule has 0 saturated carbocycles. The van der Waals surface area contributed by atoms with Gasteiger partial charge in [0.15, 0.2) is 0 Å². The molecule has 0 spiro atoms. The number of aryl methyl sites for hydroxylation is 1. The second-order valence-corrected chi connectivity index (χ2v) is 6.14. The van der Waals surface area contributed by atoms with Crippen LogP contribution in [0.3, 0.4) is 0 Å². The Balaban J connectivity index is 2.00. The first-order chi connectivity index (χ1) is 10.1. The van der Waals surface area contributed by atoms with Crippen molar-refractivity contribution >= 4 is 23.3 Å². The smallest absolute Gasteiger partial charge is 0.315 e. The molecule has 5 nitrogen and oxygen atoms in total. The van der Waals surface area contributed by atoms with Crippen molar-refractivity contribution in [2.24, 2.45) is 0 Å². The third-order valence-electron chi connectivity index (χ3n) is 3.09. The van der Waals surface area contributed by atoms with E-state index in [1.165, 1.54) is 4.88 Å². The third kappa shape index (κ3) is 8.34. The van der Waals surface area contributed by atoms with Crippen molar-refractivity contribution in [2.75, 3.05) is 6.54 Å². The summed E-state index contributed by atoms with van der Waals surface area (Å²) in [5, 5.41) is 14.1. The number of urea groups is 1. The van der Waals surface area contributed by atoms with Crippen LogP contribution in [0.25, 0.3) is 0 Å². The van der Waals surface area contributed by atoms with Gasteiger partial charge in [-0.2, -0.15) is 0 Å². The molecule has 0 saturated heterocycles. The molecule has 0 aliphatic heterocycles. The number of unbranched alkanes of at least 4 members (excludes halogenated alkanes) is 3. The Labute approximate surface area is 129 Å². The summed E-state index contributed by atoms with van der Waals surface area (Å²) in [5.74, 6) is -0.743. The molecule has 0 aliphatic carbocycles. The van der Waals surface area contributed by atoms with Crippen LogP contribution in [0.1, 0.15) is 48.8 Å². The predicted molar refractivity (Wildman–Crippen MR) is 84.7 cm³/mol. The van der Waals surface area contributed by atoms with E-state index in [1.54, 1.807) is 11.3 Å². The predicted octanol–water partition coefficient (Wildman–Crippen LogP) is 3.14. The number of thiophene rings is 1. The first-order valence-electron chi connectivity index (χ1n) is 7.43. The van der Waals surface area contributed by atoms with Crippen LogP contribution in [-0.2, 0) is 17.8 Å². The van der Waals surface area contributed by atoms with Crippen molar-refractivity contribution in [3.63, 3.8) is 0 Å². The Morgan fingerprint density at radius 2 is 1.81 bits per heavy atom. The van der Waals surface area contributed by atoms with Gasteiger partial charge in [-0.3, -0.25) is 4.79 Å². The number of carbonyl (C=O) groups excluding carboxylic acids is 1. The fraction of sp³-hybridized carbons (Fsp3) is 0.600. The molecule has 0 fully saturated rings. The molecule has 0 aliphatic rings. The Kier molecular flexibility index (Phi) is 8.50. The van der Waals surface area contributed by atoms with Crippen molar-refractivity contribution in [3.8, 4) is 0 Å². The molecule has 0 bridgehead atoms. The summed E-state index contributed by atoms with van der Waals surface area (Å²) in [6.45, 7) is 3.31. The van der Waals surface area contributed by atoms with Crippen LogP contribution in [0.2, 0.25) is 0 Å². The fourth-order valence-electron chi connectivity index (χ4n) is 1.89. The van der Waals surface area contributed by atoms with E-state index in [2.05, 4.69) is 23.6 Å². The van der Waals surface area contributed by atoms with Crippen molar-refractivity contribution in [1.29, 1.82) is 0 Å². The third-order valence-corrected chi connectivity index (χ3v) is 4.32. The first-order valence-corrected chi connectivity index (χ1v) is 8.24. The minimum absolute atomic E-state index is 0.146. The second-order valence-electron chi connectivity index (χ2n) is 4.89. The Morgan fingerprint density at radius 1 is 1.10 bits per heavy atom. The maximum absolute atomic E-state index is 11.6. The van der Waals surface area contributed by atoms with Crippen LogP contribution in [0.15, 0.2) is 12.1 Å². The molecule has 21 heavy (non-hydrogen) atoms. The number of aliphatic carboxylic acids is 1. The van der Waals surface area contributed by atoms with E-state index in [0.717, 1.165) is 30.6 Å². The van der Waals surface area contributed by atoms with E-state index >= 15 is 0 Å². The van der Waals surface area contributed by atoms with E-state index in [1.807, 2.05) is 6.07 Å². The highest BCUT2D eigenvalue weighted by Gasteiger charge is 2.02. The van der Waals surface area contributed by atoms with Gasteiger partial charge in [0.2, 0.25) is 0 Å². The lowest BCUT2D eigenvalue weighted by molar-refractivity contribution is -0.137. The molecule has 3 N–H and O–H groups in total. The molecule has 1 aromatic rings. The molecule has 6 heteroatoms. The van der Waals surface area contributed by atoms with Crippen LogP contribution >= 0.6 is 11.3 Å². The zero-order valence-electron chi connectivity index (χ0n) is 12.5. The number of carbonyl (C=O) groups is 2. The quantitative estimate of drug-likeness (QED) is 0.581. The van der Waals surface area contributed by atoms with Gasteiger partial charge in [0, 0.05) is 22.7 Å². The Morgan fingerprint density at radius 3 is 2.48 bits per heavy atom. The SMILES string of the molecule is CCc1ccc(CNC(=O)NCCCCCCC(=O)O)s1. The molecular formula is C15H24N2O3S. The molecule has 1 rings (SSSR count). The molecule has 1 heterocycles. The largest absolute Gasteiger partial charge is 0.481 e. The number of carboxylic acid groups (broad SMARTS) is 1. The standard InChI is InChI=1S/C15H24N2O3S/c1-2-12-8-9-13(21-12)11-17-15(20)16-10-6-4-3-5-7-14(18)19/h8-9H,2-7,10-11H2,1H3,(H,18,19)(H2,16,17,20). The average Bonchev–Trinajstić information content (AvgIpc) is 2.92. The van der Waals surface area contributed by atoms with Crippen molar-refractivity contribution in [1.82, 2.24) is 10.6 Å². The zero-order chi connectivity index (χ0) is 15.5.